The molecule has 19 heavy (non-hydrogen) atoms. The highest BCUT2D eigenvalue weighted by molar-refractivity contribution is 5.96. The Morgan fingerprint density at radius 2 is 2.26 bits per heavy atom. The first-order valence-electron chi connectivity index (χ1n) is 6.05. The van der Waals surface area contributed by atoms with Crippen molar-refractivity contribution in [2.45, 2.75) is 0 Å². The van der Waals surface area contributed by atoms with Crippen LogP contribution < -0.4 is 0 Å². The van der Waals surface area contributed by atoms with Crippen LogP contribution in [-0.2, 0) is 9.53 Å². The second-order valence-electron chi connectivity index (χ2n) is 4.23. The van der Waals surface area contributed by atoms with Crippen LogP contribution in [0.15, 0.2) is 18.5 Å². The van der Waals surface area contributed by atoms with Crippen LogP contribution in [0.1, 0.15) is 10.4 Å². The van der Waals surface area contributed by atoms with E-state index in [1.54, 1.807) is 18.1 Å². The Kier molecular flexibility index (Phi) is 4.40. The highest BCUT2D eigenvalue weighted by Crippen LogP contribution is 2.08. The molecule has 2 heterocycles. The maximum atomic E-state index is 12.1. The van der Waals surface area contributed by atoms with Gasteiger partial charge in [-0.05, 0) is 6.07 Å². The van der Waals surface area contributed by atoms with Crippen molar-refractivity contribution in [1.29, 1.82) is 0 Å². The van der Waals surface area contributed by atoms with Gasteiger partial charge in [-0.2, -0.15) is 10.2 Å². The molecule has 2 rings (SSSR count). The Morgan fingerprint density at radius 3 is 2.89 bits per heavy atom. The molecule has 0 bridgehead atoms. The van der Waals surface area contributed by atoms with Gasteiger partial charge in [0.25, 0.3) is 5.91 Å². The monoisotopic (exact) mass is 264 g/mol. The minimum atomic E-state index is -0.186. The summed E-state index contributed by atoms with van der Waals surface area (Å²) in [7, 11) is 1.60. The second-order valence-corrected chi connectivity index (χ2v) is 4.23. The lowest BCUT2D eigenvalue weighted by atomic mass is 10.2. The summed E-state index contributed by atoms with van der Waals surface area (Å²) in [5.41, 5.74) is 0.452. The maximum Gasteiger partial charge on any atom is 0.256 e. The molecule has 0 atom stereocenters. The summed E-state index contributed by atoms with van der Waals surface area (Å²) in [5, 5.41) is 7.29. The number of hydrogen-bond acceptors (Lipinski definition) is 5. The van der Waals surface area contributed by atoms with Crippen LogP contribution in [0.25, 0.3) is 0 Å². The molecule has 7 heteroatoms. The van der Waals surface area contributed by atoms with Crippen LogP contribution in [-0.4, -0.2) is 71.7 Å². The predicted octanol–water partition coefficient (Wildman–Crippen LogP) is -0.593. The lowest BCUT2D eigenvalue weighted by Gasteiger charge is -2.34. The van der Waals surface area contributed by atoms with Gasteiger partial charge in [-0.25, -0.2) is 0 Å². The molecule has 0 saturated carbocycles. The van der Waals surface area contributed by atoms with Crippen molar-refractivity contribution in [3.05, 3.63) is 24.0 Å². The number of piperazine rings is 1. The second kappa shape index (κ2) is 6.24. The average Bonchev–Trinajstić information content (AvgIpc) is 2.46. The van der Waals surface area contributed by atoms with Crippen molar-refractivity contribution in [3.63, 3.8) is 0 Å². The zero-order chi connectivity index (χ0) is 13.7. The molecular weight excluding hydrogens is 248 g/mol. The number of ether oxygens (including phenoxy) is 1. The van der Waals surface area contributed by atoms with Gasteiger partial charge in [-0.3, -0.25) is 9.59 Å². The summed E-state index contributed by atoms with van der Waals surface area (Å²) in [6, 6.07) is 1.59. The maximum absolute atomic E-state index is 12.1. The minimum absolute atomic E-state index is 0.0568. The van der Waals surface area contributed by atoms with E-state index < -0.39 is 0 Å². The third-order valence-corrected chi connectivity index (χ3v) is 3.00. The van der Waals surface area contributed by atoms with Crippen molar-refractivity contribution in [2.24, 2.45) is 0 Å². The lowest BCUT2D eigenvalue weighted by Crippen LogP contribution is -2.52. The minimum Gasteiger partial charge on any atom is -0.383 e. The van der Waals surface area contributed by atoms with Crippen LogP contribution in [0.5, 0.6) is 0 Å². The van der Waals surface area contributed by atoms with E-state index in [0.717, 1.165) is 0 Å². The highest BCUT2D eigenvalue weighted by atomic mass is 16.5. The Hall–Kier alpha value is -2.02. The first-order valence-corrected chi connectivity index (χ1v) is 6.05. The van der Waals surface area contributed by atoms with Crippen molar-refractivity contribution < 1.29 is 14.3 Å². The van der Waals surface area contributed by atoms with Crippen molar-refractivity contribution in [2.75, 3.05) is 39.9 Å². The standard InChI is InChI=1S/C12H16N4O3/c1-19-7-6-15-4-5-16(9-11(15)17)12(18)10-2-3-13-14-8-10/h2-3,8H,4-7,9H2,1H3. The Bertz CT molecular complexity index is 452. The Labute approximate surface area is 111 Å². The number of aromatic nitrogens is 2. The number of carbonyl (C=O) groups excluding carboxylic acids is 2. The fraction of sp³-hybridized carbons (Fsp3) is 0.500. The predicted molar refractivity (Wildman–Crippen MR) is 66.4 cm³/mol. The number of methoxy groups -OCH3 is 1. The fourth-order valence-corrected chi connectivity index (χ4v) is 1.92. The molecule has 1 aliphatic heterocycles. The number of amides is 2. The van der Waals surface area contributed by atoms with E-state index in [1.165, 1.54) is 17.3 Å². The van der Waals surface area contributed by atoms with E-state index in [4.69, 9.17) is 4.74 Å². The number of rotatable bonds is 4. The van der Waals surface area contributed by atoms with Crippen molar-refractivity contribution in [3.8, 4) is 0 Å². The van der Waals surface area contributed by atoms with Gasteiger partial charge in [-0.15, -0.1) is 0 Å². The normalized spacial score (nSPS) is 15.7. The SMILES string of the molecule is COCCN1CCN(C(=O)c2ccnnc2)CC1=O. The summed E-state index contributed by atoms with van der Waals surface area (Å²) < 4.78 is 4.95. The number of hydrogen-bond donors (Lipinski definition) is 0. The van der Waals surface area contributed by atoms with Gasteiger partial charge in [0.15, 0.2) is 0 Å². The summed E-state index contributed by atoms with van der Waals surface area (Å²) >= 11 is 0. The van der Waals surface area contributed by atoms with E-state index in [-0.39, 0.29) is 18.4 Å². The molecular formula is C12H16N4O3. The quantitative estimate of drug-likeness (QED) is 0.726. The first-order chi connectivity index (χ1) is 9.22. The Balaban J connectivity index is 1.95. The number of nitrogens with zero attached hydrogens (tertiary/aromatic N) is 4. The third-order valence-electron chi connectivity index (χ3n) is 3.00. The van der Waals surface area contributed by atoms with Crippen LogP contribution in [0, 0.1) is 0 Å². The molecule has 1 aliphatic rings. The molecule has 0 aliphatic carbocycles. The van der Waals surface area contributed by atoms with Crippen LogP contribution in [0.3, 0.4) is 0 Å². The summed E-state index contributed by atoms with van der Waals surface area (Å²) in [4.78, 5) is 27.3. The zero-order valence-electron chi connectivity index (χ0n) is 10.8. The van der Waals surface area contributed by atoms with E-state index in [2.05, 4.69) is 10.2 Å². The first kappa shape index (κ1) is 13.4. The van der Waals surface area contributed by atoms with E-state index in [9.17, 15) is 9.59 Å². The molecule has 1 aromatic rings. The van der Waals surface area contributed by atoms with E-state index in [1.807, 2.05) is 0 Å². The zero-order valence-corrected chi connectivity index (χ0v) is 10.8. The van der Waals surface area contributed by atoms with E-state index >= 15 is 0 Å². The fourth-order valence-electron chi connectivity index (χ4n) is 1.92. The van der Waals surface area contributed by atoms with Gasteiger partial charge in [0.1, 0.15) is 6.54 Å². The van der Waals surface area contributed by atoms with Crippen molar-refractivity contribution >= 4 is 11.8 Å². The molecule has 1 aromatic heterocycles. The molecule has 1 fully saturated rings. The molecule has 0 radical (unpaired) electrons. The molecule has 102 valence electrons. The largest absolute Gasteiger partial charge is 0.383 e. The van der Waals surface area contributed by atoms with Gasteiger partial charge in [0, 0.05) is 26.7 Å². The Morgan fingerprint density at radius 1 is 1.42 bits per heavy atom. The smallest absolute Gasteiger partial charge is 0.256 e. The third kappa shape index (κ3) is 3.25. The van der Waals surface area contributed by atoms with Crippen LogP contribution in [0.4, 0.5) is 0 Å². The molecule has 0 unspecified atom stereocenters. The number of carbonyl (C=O) groups is 2. The molecule has 2 amide bonds. The van der Waals surface area contributed by atoms with Gasteiger partial charge >= 0.3 is 0 Å². The van der Waals surface area contributed by atoms with E-state index in [0.29, 0.717) is 31.8 Å². The molecule has 0 aromatic carbocycles. The summed E-state index contributed by atoms with van der Waals surface area (Å²) in [6.07, 6.45) is 2.87. The molecule has 1 saturated heterocycles. The average molecular weight is 264 g/mol. The van der Waals surface area contributed by atoms with Crippen LogP contribution >= 0.6 is 0 Å². The molecule has 0 N–H and O–H groups in total. The lowest BCUT2D eigenvalue weighted by molar-refractivity contribution is -0.135. The molecule has 0 spiro atoms. The van der Waals surface area contributed by atoms with Crippen LogP contribution in [0.2, 0.25) is 0 Å². The molecule has 7 nitrogen and oxygen atoms in total. The summed E-state index contributed by atoms with van der Waals surface area (Å²) in [6.45, 7) is 2.23. The van der Waals surface area contributed by atoms with Crippen molar-refractivity contribution in [1.82, 2.24) is 20.0 Å². The topological polar surface area (TPSA) is 75.6 Å². The van der Waals surface area contributed by atoms with Gasteiger partial charge < -0.3 is 14.5 Å². The highest BCUT2D eigenvalue weighted by Gasteiger charge is 2.27. The van der Waals surface area contributed by atoms with Gasteiger partial charge in [0.2, 0.25) is 5.91 Å². The summed E-state index contributed by atoms with van der Waals surface area (Å²) in [5.74, 6) is -0.242. The van der Waals surface area contributed by atoms with Gasteiger partial charge in [-0.1, -0.05) is 0 Å². The van der Waals surface area contributed by atoms with Gasteiger partial charge in [0.05, 0.1) is 24.6 Å².